The van der Waals surface area contributed by atoms with Crippen LogP contribution in [-0.4, -0.2) is 46.4 Å². The molecule has 0 spiro atoms. The summed E-state index contributed by atoms with van der Waals surface area (Å²) in [4.78, 5) is 15.0. The molecular formula is C15H23N3O2. The summed E-state index contributed by atoms with van der Waals surface area (Å²) in [6.07, 6.45) is 7.63. The fourth-order valence-corrected chi connectivity index (χ4v) is 3.30. The smallest absolute Gasteiger partial charge is 0.228 e. The summed E-state index contributed by atoms with van der Waals surface area (Å²) in [5.74, 6) is 0.315. The van der Waals surface area contributed by atoms with Crippen LogP contribution in [0.2, 0.25) is 0 Å². The molecule has 2 aliphatic rings. The normalized spacial score (nSPS) is 25.9. The Balaban J connectivity index is 1.69. The molecule has 0 aliphatic carbocycles. The lowest BCUT2D eigenvalue weighted by atomic mass is 9.81. The van der Waals surface area contributed by atoms with Crippen molar-refractivity contribution in [3.63, 3.8) is 0 Å². The zero-order chi connectivity index (χ0) is 14.0. The maximum Gasteiger partial charge on any atom is 0.228 e. The maximum atomic E-state index is 12.9. The number of nitrogens with zero attached hydrogens (tertiary/aromatic N) is 3. The van der Waals surface area contributed by atoms with E-state index in [1.165, 1.54) is 0 Å². The van der Waals surface area contributed by atoms with Crippen LogP contribution >= 0.6 is 0 Å². The molecule has 0 N–H and O–H groups in total. The van der Waals surface area contributed by atoms with Crippen molar-refractivity contribution in [1.29, 1.82) is 0 Å². The van der Waals surface area contributed by atoms with Crippen LogP contribution in [-0.2, 0) is 16.1 Å². The number of ether oxygens (including phenoxy) is 1. The van der Waals surface area contributed by atoms with E-state index in [2.05, 4.69) is 16.9 Å². The Hall–Kier alpha value is -1.36. The van der Waals surface area contributed by atoms with Gasteiger partial charge in [0.25, 0.3) is 0 Å². The van der Waals surface area contributed by atoms with Gasteiger partial charge < -0.3 is 9.64 Å². The van der Waals surface area contributed by atoms with Crippen molar-refractivity contribution in [2.24, 2.45) is 5.41 Å². The highest BCUT2D eigenvalue weighted by Crippen LogP contribution is 2.34. The number of carbonyl (C=O) groups is 1. The third kappa shape index (κ3) is 2.59. The minimum atomic E-state index is -0.231. The van der Waals surface area contributed by atoms with E-state index < -0.39 is 0 Å². The molecule has 2 fully saturated rings. The van der Waals surface area contributed by atoms with Crippen LogP contribution < -0.4 is 0 Å². The summed E-state index contributed by atoms with van der Waals surface area (Å²) in [7, 11) is 0. The molecule has 3 rings (SSSR count). The second-order valence-electron chi connectivity index (χ2n) is 6.20. The number of amides is 1. The molecule has 0 aromatic carbocycles. The van der Waals surface area contributed by atoms with E-state index in [0.717, 1.165) is 38.8 Å². The first-order valence-corrected chi connectivity index (χ1v) is 7.55. The van der Waals surface area contributed by atoms with Crippen molar-refractivity contribution < 1.29 is 9.53 Å². The lowest BCUT2D eigenvalue weighted by Crippen LogP contribution is -2.48. The third-order valence-corrected chi connectivity index (χ3v) is 4.71. The molecule has 1 aromatic rings. The molecule has 2 aliphatic heterocycles. The van der Waals surface area contributed by atoms with Gasteiger partial charge in [-0.15, -0.1) is 0 Å². The first kappa shape index (κ1) is 13.6. The van der Waals surface area contributed by atoms with Crippen LogP contribution in [0, 0.1) is 5.41 Å². The van der Waals surface area contributed by atoms with E-state index in [-0.39, 0.29) is 5.41 Å². The lowest BCUT2D eigenvalue weighted by Gasteiger charge is -2.37. The van der Waals surface area contributed by atoms with Crippen molar-refractivity contribution >= 4 is 5.91 Å². The van der Waals surface area contributed by atoms with Gasteiger partial charge in [-0.05, 0) is 31.7 Å². The van der Waals surface area contributed by atoms with E-state index in [1.54, 1.807) is 6.20 Å². The Bertz CT molecular complexity index is 452. The molecule has 5 heteroatoms. The first-order chi connectivity index (χ1) is 9.69. The highest BCUT2D eigenvalue weighted by Gasteiger charge is 2.41. The number of hydrogen-bond acceptors (Lipinski definition) is 3. The highest BCUT2D eigenvalue weighted by molar-refractivity contribution is 5.83. The molecule has 20 heavy (non-hydrogen) atoms. The van der Waals surface area contributed by atoms with Gasteiger partial charge in [-0.3, -0.25) is 9.48 Å². The standard InChI is InChI=1S/C15H23N3O2/c1-15(5-10-20-11-6-15)14(19)18-9-2-4-13(18)12-17-8-3-7-16-17/h3,7-8,13H,2,4-6,9-12H2,1H3/t13-/m0/s1. The SMILES string of the molecule is CC1(C(=O)N2CCC[C@H]2Cn2cccn2)CCOCC1. The molecule has 0 unspecified atom stereocenters. The molecule has 1 amide bonds. The van der Waals surface area contributed by atoms with Crippen LogP contribution in [0.4, 0.5) is 0 Å². The number of carbonyl (C=O) groups excluding carboxylic acids is 1. The summed E-state index contributed by atoms with van der Waals surface area (Å²) in [5, 5.41) is 4.26. The van der Waals surface area contributed by atoms with E-state index in [1.807, 2.05) is 16.9 Å². The van der Waals surface area contributed by atoms with Crippen LogP contribution in [0.15, 0.2) is 18.5 Å². The van der Waals surface area contributed by atoms with Crippen molar-refractivity contribution in [2.75, 3.05) is 19.8 Å². The van der Waals surface area contributed by atoms with Gasteiger partial charge in [0.05, 0.1) is 18.0 Å². The Kier molecular flexibility index (Phi) is 3.78. The molecule has 1 atom stereocenters. The number of rotatable bonds is 3. The second-order valence-corrected chi connectivity index (χ2v) is 6.20. The largest absolute Gasteiger partial charge is 0.381 e. The van der Waals surface area contributed by atoms with E-state index in [4.69, 9.17) is 4.74 Å². The van der Waals surface area contributed by atoms with Crippen LogP contribution in [0.5, 0.6) is 0 Å². The summed E-state index contributed by atoms with van der Waals surface area (Å²) in [6.45, 7) is 5.22. The summed E-state index contributed by atoms with van der Waals surface area (Å²) >= 11 is 0. The lowest BCUT2D eigenvalue weighted by molar-refractivity contribution is -0.147. The molecule has 0 bridgehead atoms. The van der Waals surface area contributed by atoms with Crippen LogP contribution in [0.25, 0.3) is 0 Å². The monoisotopic (exact) mass is 277 g/mol. The van der Waals surface area contributed by atoms with Crippen molar-refractivity contribution in [3.05, 3.63) is 18.5 Å². The summed E-state index contributed by atoms with van der Waals surface area (Å²) < 4.78 is 7.34. The Morgan fingerprint density at radius 1 is 1.45 bits per heavy atom. The fraction of sp³-hybridized carbons (Fsp3) is 0.733. The van der Waals surface area contributed by atoms with Crippen molar-refractivity contribution in [1.82, 2.24) is 14.7 Å². The highest BCUT2D eigenvalue weighted by atomic mass is 16.5. The van der Waals surface area contributed by atoms with Gasteiger partial charge in [0.15, 0.2) is 0 Å². The topological polar surface area (TPSA) is 47.4 Å². The third-order valence-electron chi connectivity index (χ3n) is 4.71. The molecule has 1 aromatic heterocycles. The Morgan fingerprint density at radius 3 is 2.95 bits per heavy atom. The summed E-state index contributed by atoms with van der Waals surface area (Å²) in [6, 6.07) is 2.23. The van der Waals surface area contributed by atoms with Crippen molar-refractivity contribution in [3.8, 4) is 0 Å². The van der Waals surface area contributed by atoms with E-state index in [9.17, 15) is 4.79 Å². The molecule has 0 radical (unpaired) electrons. The van der Waals surface area contributed by atoms with Gasteiger partial charge in [-0.1, -0.05) is 6.92 Å². The zero-order valence-corrected chi connectivity index (χ0v) is 12.1. The predicted molar refractivity (Wildman–Crippen MR) is 75.1 cm³/mol. The molecule has 5 nitrogen and oxygen atoms in total. The predicted octanol–water partition coefficient (Wildman–Crippen LogP) is 1.69. The van der Waals surface area contributed by atoms with Gasteiger partial charge in [0.1, 0.15) is 0 Å². The van der Waals surface area contributed by atoms with Gasteiger partial charge >= 0.3 is 0 Å². The van der Waals surface area contributed by atoms with E-state index in [0.29, 0.717) is 25.2 Å². The molecule has 110 valence electrons. The molecule has 2 saturated heterocycles. The van der Waals surface area contributed by atoms with Gasteiger partial charge in [-0.25, -0.2) is 0 Å². The van der Waals surface area contributed by atoms with Gasteiger partial charge in [-0.2, -0.15) is 5.10 Å². The maximum absolute atomic E-state index is 12.9. The minimum absolute atomic E-state index is 0.231. The average molecular weight is 277 g/mol. The number of hydrogen-bond donors (Lipinski definition) is 0. The molecule has 3 heterocycles. The Labute approximate surface area is 119 Å². The molecule has 0 saturated carbocycles. The minimum Gasteiger partial charge on any atom is -0.381 e. The fourth-order valence-electron chi connectivity index (χ4n) is 3.30. The van der Waals surface area contributed by atoms with Crippen LogP contribution in [0.3, 0.4) is 0 Å². The zero-order valence-electron chi connectivity index (χ0n) is 12.1. The molecular weight excluding hydrogens is 254 g/mol. The first-order valence-electron chi connectivity index (χ1n) is 7.55. The number of aromatic nitrogens is 2. The van der Waals surface area contributed by atoms with E-state index >= 15 is 0 Å². The van der Waals surface area contributed by atoms with Gasteiger partial charge in [0.2, 0.25) is 5.91 Å². The van der Waals surface area contributed by atoms with Crippen molar-refractivity contribution in [2.45, 2.75) is 45.2 Å². The summed E-state index contributed by atoms with van der Waals surface area (Å²) in [5.41, 5.74) is -0.231. The van der Waals surface area contributed by atoms with Crippen LogP contribution in [0.1, 0.15) is 32.6 Å². The average Bonchev–Trinajstić information content (AvgIpc) is 3.11. The quantitative estimate of drug-likeness (QED) is 0.844. The number of likely N-dealkylation sites (tertiary alicyclic amines) is 1. The second kappa shape index (κ2) is 5.56. The Morgan fingerprint density at radius 2 is 2.25 bits per heavy atom. The van der Waals surface area contributed by atoms with Gasteiger partial charge in [0, 0.05) is 32.2 Å².